The predicted octanol–water partition coefficient (Wildman–Crippen LogP) is 1.13. The quantitative estimate of drug-likeness (QED) is 0.866. The Bertz CT molecular complexity index is 541. The number of aliphatic carboxylic acids is 1. The van der Waals surface area contributed by atoms with Crippen LogP contribution in [0.5, 0.6) is 0 Å². The third-order valence-corrected chi connectivity index (χ3v) is 3.00. The zero-order valence-electron chi connectivity index (χ0n) is 9.78. The van der Waals surface area contributed by atoms with E-state index in [0.29, 0.717) is 10.7 Å². The van der Waals surface area contributed by atoms with Crippen LogP contribution >= 0.6 is 11.6 Å². The maximum atomic E-state index is 12.1. The molecule has 0 saturated heterocycles. The largest absolute Gasteiger partial charge is 0.477 e. The molecule has 1 atom stereocenters. The van der Waals surface area contributed by atoms with Gasteiger partial charge in [-0.05, 0) is 30.7 Å². The summed E-state index contributed by atoms with van der Waals surface area (Å²) in [5.74, 6) is -2.64. The highest BCUT2D eigenvalue weighted by Crippen LogP contribution is 2.26. The zero-order chi connectivity index (χ0) is 14.0. The van der Waals surface area contributed by atoms with Gasteiger partial charge >= 0.3 is 5.97 Å². The number of benzene rings is 1. The van der Waals surface area contributed by atoms with Gasteiger partial charge in [0.25, 0.3) is 5.91 Å². The Hall–Kier alpha value is -1.92. The van der Waals surface area contributed by atoms with E-state index in [4.69, 9.17) is 21.8 Å². The zero-order valence-corrected chi connectivity index (χ0v) is 10.5. The summed E-state index contributed by atoms with van der Waals surface area (Å²) >= 11 is 5.75. The number of nitrogens with zero attached hydrogens (tertiary/aromatic N) is 2. The van der Waals surface area contributed by atoms with E-state index in [1.165, 1.54) is 0 Å². The van der Waals surface area contributed by atoms with Crippen molar-refractivity contribution < 1.29 is 19.8 Å². The number of hydrogen-bond acceptors (Lipinski definition) is 4. The second-order valence-corrected chi connectivity index (χ2v) is 4.42. The Morgan fingerprint density at radius 2 is 2.00 bits per heavy atom. The Morgan fingerprint density at radius 3 is 2.53 bits per heavy atom. The Kier molecular flexibility index (Phi) is 3.82. The van der Waals surface area contributed by atoms with Crippen molar-refractivity contribution in [3.05, 3.63) is 29.3 Å². The fourth-order valence-corrected chi connectivity index (χ4v) is 1.97. The van der Waals surface area contributed by atoms with Gasteiger partial charge in [-0.25, -0.2) is 4.79 Å². The SMILES string of the molecule is O=C(O)C1=NN(c2ccc(Cl)cc2)C(=O)C1CCO. The Labute approximate surface area is 113 Å². The highest BCUT2D eigenvalue weighted by atomic mass is 35.5. The van der Waals surface area contributed by atoms with Crippen LogP contribution in [0.1, 0.15) is 6.42 Å². The minimum Gasteiger partial charge on any atom is -0.477 e. The predicted molar refractivity (Wildman–Crippen MR) is 69.2 cm³/mol. The number of carboxylic acid groups (broad SMARTS) is 1. The molecule has 1 heterocycles. The van der Waals surface area contributed by atoms with E-state index in [0.717, 1.165) is 5.01 Å². The molecule has 1 aromatic carbocycles. The lowest BCUT2D eigenvalue weighted by molar-refractivity contribution is -0.130. The van der Waals surface area contributed by atoms with Crippen molar-refractivity contribution in [1.29, 1.82) is 0 Å². The topological polar surface area (TPSA) is 90.2 Å². The number of carboxylic acids is 1. The first-order valence-electron chi connectivity index (χ1n) is 5.56. The molecular formula is C12H11ClN2O4. The van der Waals surface area contributed by atoms with Gasteiger partial charge in [-0.2, -0.15) is 10.1 Å². The van der Waals surface area contributed by atoms with Gasteiger partial charge in [-0.1, -0.05) is 11.6 Å². The van der Waals surface area contributed by atoms with Crippen LogP contribution < -0.4 is 5.01 Å². The number of rotatable bonds is 4. The minimum absolute atomic E-state index is 0.0358. The van der Waals surface area contributed by atoms with Crippen LogP contribution in [-0.4, -0.2) is 34.4 Å². The molecule has 0 aromatic heterocycles. The number of anilines is 1. The number of aliphatic hydroxyl groups is 1. The van der Waals surface area contributed by atoms with Crippen LogP contribution in [0, 0.1) is 5.92 Å². The van der Waals surface area contributed by atoms with Gasteiger partial charge in [0.15, 0.2) is 5.71 Å². The van der Waals surface area contributed by atoms with E-state index in [2.05, 4.69) is 5.10 Å². The summed E-state index contributed by atoms with van der Waals surface area (Å²) in [5, 5.41) is 23.3. The van der Waals surface area contributed by atoms with Crippen molar-refractivity contribution in [3.63, 3.8) is 0 Å². The summed E-state index contributed by atoms with van der Waals surface area (Å²) in [6, 6.07) is 6.31. The summed E-state index contributed by atoms with van der Waals surface area (Å²) in [5.41, 5.74) is 0.183. The van der Waals surface area contributed by atoms with Gasteiger partial charge < -0.3 is 10.2 Å². The molecule has 1 aliphatic rings. The molecular weight excluding hydrogens is 272 g/mol. The molecule has 0 aliphatic carbocycles. The molecule has 1 aliphatic heterocycles. The number of halogens is 1. The Morgan fingerprint density at radius 1 is 1.37 bits per heavy atom. The number of hydrogen-bond donors (Lipinski definition) is 2. The molecule has 2 rings (SSSR count). The van der Waals surface area contributed by atoms with Crippen molar-refractivity contribution in [1.82, 2.24) is 0 Å². The van der Waals surface area contributed by atoms with Gasteiger partial charge in [0, 0.05) is 11.6 Å². The molecule has 100 valence electrons. The highest BCUT2D eigenvalue weighted by molar-refractivity contribution is 6.43. The molecule has 0 fully saturated rings. The lowest BCUT2D eigenvalue weighted by Gasteiger charge is -2.13. The van der Waals surface area contributed by atoms with Crippen molar-refractivity contribution in [3.8, 4) is 0 Å². The molecule has 1 aromatic rings. The van der Waals surface area contributed by atoms with Gasteiger partial charge in [0.2, 0.25) is 0 Å². The fourth-order valence-electron chi connectivity index (χ4n) is 1.84. The number of carbonyl (C=O) groups is 2. The summed E-state index contributed by atoms with van der Waals surface area (Å²) in [6.07, 6.45) is 0.0358. The van der Waals surface area contributed by atoms with Crippen molar-refractivity contribution in [2.24, 2.45) is 11.0 Å². The van der Waals surface area contributed by atoms with Crippen LogP contribution in [0.2, 0.25) is 5.02 Å². The van der Waals surface area contributed by atoms with Gasteiger partial charge in [0.05, 0.1) is 11.6 Å². The third kappa shape index (κ3) is 2.59. The first-order valence-corrected chi connectivity index (χ1v) is 5.94. The highest BCUT2D eigenvalue weighted by Gasteiger charge is 2.39. The maximum absolute atomic E-state index is 12.1. The van der Waals surface area contributed by atoms with E-state index >= 15 is 0 Å². The summed E-state index contributed by atoms with van der Waals surface area (Å²) in [6.45, 7) is -0.281. The van der Waals surface area contributed by atoms with Gasteiger partial charge in [0.1, 0.15) is 0 Å². The molecule has 6 nitrogen and oxygen atoms in total. The van der Waals surface area contributed by atoms with Crippen molar-refractivity contribution in [2.45, 2.75) is 6.42 Å². The van der Waals surface area contributed by atoms with E-state index in [-0.39, 0.29) is 18.7 Å². The molecule has 1 amide bonds. The van der Waals surface area contributed by atoms with E-state index in [1.807, 2.05) is 0 Å². The molecule has 1 unspecified atom stereocenters. The molecule has 0 saturated carbocycles. The maximum Gasteiger partial charge on any atom is 0.352 e. The molecule has 19 heavy (non-hydrogen) atoms. The molecule has 0 spiro atoms. The lowest BCUT2D eigenvalue weighted by Crippen LogP contribution is -2.30. The van der Waals surface area contributed by atoms with Crippen LogP contribution in [0.25, 0.3) is 0 Å². The van der Waals surface area contributed by atoms with Gasteiger partial charge in [-0.15, -0.1) is 0 Å². The second-order valence-electron chi connectivity index (χ2n) is 3.98. The number of carbonyl (C=O) groups excluding carboxylic acids is 1. The molecule has 0 bridgehead atoms. The smallest absolute Gasteiger partial charge is 0.352 e. The van der Waals surface area contributed by atoms with Gasteiger partial charge in [-0.3, -0.25) is 4.79 Å². The number of aliphatic hydroxyl groups excluding tert-OH is 1. The lowest BCUT2D eigenvalue weighted by atomic mass is 10.00. The summed E-state index contributed by atoms with van der Waals surface area (Å²) < 4.78 is 0. The average Bonchev–Trinajstić information content (AvgIpc) is 2.69. The fraction of sp³-hybridized carbons (Fsp3) is 0.250. The van der Waals surface area contributed by atoms with E-state index < -0.39 is 17.8 Å². The Balaban J connectivity index is 2.34. The average molecular weight is 283 g/mol. The van der Waals surface area contributed by atoms with Crippen molar-refractivity contribution in [2.75, 3.05) is 11.6 Å². The van der Waals surface area contributed by atoms with Crippen molar-refractivity contribution >= 4 is 34.9 Å². The number of hydrazone groups is 1. The first-order chi connectivity index (χ1) is 9.04. The molecule has 0 radical (unpaired) electrons. The third-order valence-electron chi connectivity index (χ3n) is 2.75. The second kappa shape index (κ2) is 5.38. The van der Waals surface area contributed by atoms with E-state index in [1.54, 1.807) is 24.3 Å². The van der Waals surface area contributed by atoms with Crippen LogP contribution in [0.4, 0.5) is 5.69 Å². The minimum atomic E-state index is -1.26. The summed E-state index contributed by atoms with van der Waals surface area (Å²) in [4.78, 5) is 23.2. The van der Waals surface area contributed by atoms with Crippen LogP contribution in [0.15, 0.2) is 29.4 Å². The summed E-state index contributed by atoms with van der Waals surface area (Å²) in [7, 11) is 0. The van der Waals surface area contributed by atoms with Crippen LogP contribution in [0.3, 0.4) is 0 Å². The van der Waals surface area contributed by atoms with Crippen LogP contribution in [-0.2, 0) is 9.59 Å². The van der Waals surface area contributed by atoms with E-state index in [9.17, 15) is 9.59 Å². The number of amides is 1. The normalized spacial score (nSPS) is 18.6. The molecule has 7 heteroatoms. The molecule has 2 N–H and O–H groups in total. The standard InChI is InChI=1S/C12H11ClN2O4/c13-7-1-3-8(4-2-7)15-11(17)9(5-6-16)10(14-15)12(18)19/h1-4,9,16H,5-6H2,(H,18,19). The first kappa shape index (κ1) is 13.5. The monoisotopic (exact) mass is 282 g/mol.